The molecule has 3 nitrogen and oxygen atoms in total. The number of nitrogens with one attached hydrogen (secondary N) is 1. The molecule has 0 spiro atoms. The van der Waals surface area contributed by atoms with Gasteiger partial charge in [-0.1, -0.05) is 12.1 Å². The summed E-state index contributed by atoms with van der Waals surface area (Å²) in [6, 6.07) is 7.29. The zero-order valence-corrected chi connectivity index (χ0v) is 8.43. The molecule has 1 atom stereocenters. The predicted molar refractivity (Wildman–Crippen MR) is 56.9 cm³/mol. The zero-order chi connectivity index (χ0) is 9.90. The van der Waals surface area contributed by atoms with E-state index >= 15 is 0 Å². The van der Waals surface area contributed by atoms with Gasteiger partial charge in [0, 0.05) is 11.4 Å². The highest BCUT2D eigenvalue weighted by Crippen LogP contribution is 2.08. The largest absolute Gasteiger partial charge is 0.316 e. The fourth-order valence-corrected chi connectivity index (χ4v) is 1.64. The van der Waals surface area contributed by atoms with Crippen molar-refractivity contribution in [1.82, 2.24) is 5.32 Å². The van der Waals surface area contributed by atoms with E-state index < -0.39 is 9.71 Å². The van der Waals surface area contributed by atoms with Crippen molar-refractivity contribution in [3.63, 3.8) is 0 Å². The lowest BCUT2D eigenvalue weighted by molar-refractivity contribution is 0.682. The van der Waals surface area contributed by atoms with Crippen molar-refractivity contribution in [3.05, 3.63) is 29.8 Å². The van der Waals surface area contributed by atoms with E-state index in [9.17, 15) is 4.21 Å². The van der Waals surface area contributed by atoms with Crippen molar-refractivity contribution in [3.8, 4) is 0 Å². The van der Waals surface area contributed by atoms with Crippen LogP contribution < -0.4 is 10.5 Å². The third kappa shape index (κ3) is 2.84. The molecule has 72 valence electrons. The average molecular weight is 198 g/mol. The molecule has 0 saturated carbocycles. The third-order valence-corrected chi connectivity index (χ3v) is 2.77. The van der Waals surface area contributed by atoms with Gasteiger partial charge in [0.2, 0.25) is 0 Å². The minimum atomic E-state index is -2.55. The Balaban J connectivity index is 2.94. The van der Waals surface area contributed by atoms with Crippen LogP contribution in [0.5, 0.6) is 0 Å². The van der Waals surface area contributed by atoms with Crippen molar-refractivity contribution in [2.45, 2.75) is 11.4 Å². The molecule has 0 heterocycles. The van der Waals surface area contributed by atoms with Gasteiger partial charge in [0.05, 0.1) is 9.71 Å². The summed E-state index contributed by atoms with van der Waals surface area (Å²) in [6.07, 6.45) is 0. The molecule has 0 aliphatic rings. The summed E-state index contributed by atoms with van der Waals surface area (Å²) >= 11 is 0. The second kappa shape index (κ2) is 3.91. The quantitative estimate of drug-likeness (QED) is 0.689. The summed E-state index contributed by atoms with van der Waals surface area (Å²) in [5.41, 5.74) is 1.13. The summed E-state index contributed by atoms with van der Waals surface area (Å²) in [6.45, 7) is 0.795. The molecule has 0 saturated heterocycles. The van der Waals surface area contributed by atoms with E-state index in [2.05, 4.69) is 11.2 Å². The molecule has 0 aliphatic heterocycles. The van der Waals surface area contributed by atoms with Crippen LogP contribution in [0.2, 0.25) is 0 Å². The number of nitrogens with two attached hydrogens (primary N) is 1. The highest BCUT2D eigenvalue weighted by atomic mass is 32.2. The van der Waals surface area contributed by atoms with Gasteiger partial charge in [-0.25, -0.2) is 4.21 Å². The van der Waals surface area contributed by atoms with Gasteiger partial charge in [0.1, 0.15) is 0 Å². The Kier molecular flexibility index (Phi) is 3.08. The Labute approximate surface area is 79.1 Å². The smallest absolute Gasteiger partial charge is 0.0507 e. The zero-order valence-electron chi connectivity index (χ0n) is 7.62. The first-order valence-corrected chi connectivity index (χ1v) is 5.71. The van der Waals surface area contributed by atoms with Gasteiger partial charge in [-0.2, -0.15) is 0 Å². The van der Waals surface area contributed by atoms with Gasteiger partial charge < -0.3 is 5.32 Å². The number of hydrogen-bond acceptors (Lipinski definition) is 2. The van der Waals surface area contributed by atoms with E-state index in [1.807, 2.05) is 19.2 Å². The van der Waals surface area contributed by atoms with E-state index in [0.29, 0.717) is 4.90 Å². The fourth-order valence-electron chi connectivity index (χ4n) is 1.04. The Morgan fingerprint density at radius 1 is 1.46 bits per heavy atom. The minimum Gasteiger partial charge on any atom is -0.316 e. The predicted octanol–water partition coefficient (Wildman–Crippen LogP) is 0.355. The number of benzene rings is 1. The van der Waals surface area contributed by atoms with Crippen LogP contribution in [-0.2, 0) is 16.3 Å². The Hall–Kier alpha value is -0.840. The van der Waals surface area contributed by atoms with E-state index in [1.165, 1.54) is 0 Å². The Bertz CT molecular complexity index is 367. The summed E-state index contributed by atoms with van der Waals surface area (Å²) in [5.74, 6) is 3.41. The van der Waals surface area contributed by atoms with Gasteiger partial charge >= 0.3 is 0 Å². The highest BCUT2D eigenvalue weighted by Gasteiger charge is 1.99. The maximum atomic E-state index is 11.3. The standard InChI is InChI=1S/C9H14N2OS/c1-11-7-8-3-5-9(6-4-8)13(2,10)12/h3-6,11H,2,7H2,1H3,(H2,10,12). The SMILES string of the molecule is C=S(N)(=O)c1ccc(CNC)cc1. The van der Waals surface area contributed by atoms with E-state index in [0.717, 1.165) is 12.1 Å². The highest BCUT2D eigenvalue weighted by molar-refractivity contribution is 7.98. The molecule has 1 rings (SSSR count). The lowest BCUT2D eigenvalue weighted by atomic mass is 10.2. The molecule has 3 N–H and O–H groups in total. The normalized spacial score (nSPS) is 15.2. The van der Waals surface area contributed by atoms with Crippen molar-refractivity contribution in [1.29, 1.82) is 0 Å². The molecule has 0 aliphatic carbocycles. The topological polar surface area (TPSA) is 55.1 Å². The molecule has 4 heteroatoms. The molecule has 1 aromatic carbocycles. The Morgan fingerprint density at radius 3 is 2.38 bits per heavy atom. The molecular weight excluding hydrogens is 184 g/mol. The molecule has 1 aromatic rings. The molecule has 0 amide bonds. The van der Waals surface area contributed by atoms with E-state index in [4.69, 9.17) is 5.14 Å². The van der Waals surface area contributed by atoms with Gasteiger partial charge in [0.15, 0.2) is 0 Å². The first-order chi connectivity index (χ1) is 6.04. The van der Waals surface area contributed by atoms with Crippen LogP contribution in [0.4, 0.5) is 0 Å². The monoisotopic (exact) mass is 198 g/mol. The van der Waals surface area contributed by atoms with Crippen LogP contribution in [0.3, 0.4) is 0 Å². The molecule has 1 unspecified atom stereocenters. The first-order valence-electron chi connectivity index (χ1n) is 3.92. The second-order valence-electron chi connectivity index (χ2n) is 2.90. The average Bonchev–Trinajstić information content (AvgIpc) is 2.04. The molecule has 0 fully saturated rings. The minimum absolute atomic E-state index is 0.590. The fraction of sp³-hybridized carbons (Fsp3) is 0.222. The number of hydrogen-bond donors (Lipinski definition) is 2. The van der Waals surface area contributed by atoms with E-state index in [-0.39, 0.29) is 0 Å². The van der Waals surface area contributed by atoms with Crippen LogP contribution in [-0.4, -0.2) is 17.1 Å². The van der Waals surface area contributed by atoms with Crippen LogP contribution in [0.15, 0.2) is 29.2 Å². The molecule has 13 heavy (non-hydrogen) atoms. The maximum absolute atomic E-state index is 11.3. The van der Waals surface area contributed by atoms with E-state index in [1.54, 1.807) is 12.1 Å². The summed E-state index contributed by atoms with van der Waals surface area (Å²) in [7, 11) is -0.679. The van der Waals surface area contributed by atoms with Gasteiger partial charge in [-0.05, 0) is 30.6 Å². The molecule has 0 radical (unpaired) electrons. The lowest BCUT2D eigenvalue weighted by Gasteiger charge is -2.04. The van der Waals surface area contributed by atoms with Gasteiger partial charge in [-0.15, -0.1) is 0 Å². The van der Waals surface area contributed by atoms with Gasteiger partial charge in [-0.3, -0.25) is 5.14 Å². The van der Waals surface area contributed by atoms with Gasteiger partial charge in [0.25, 0.3) is 0 Å². The Morgan fingerprint density at radius 2 is 2.00 bits per heavy atom. The van der Waals surface area contributed by atoms with Crippen LogP contribution in [0.25, 0.3) is 0 Å². The second-order valence-corrected chi connectivity index (χ2v) is 4.82. The van der Waals surface area contributed by atoms with Crippen LogP contribution in [0.1, 0.15) is 5.56 Å². The van der Waals surface area contributed by atoms with Crippen molar-refractivity contribution in [2.24, 2.45) is 5.14 Å². The maximum Gasteiger partial charge on any atom is 0.0507 e. The van der Waals surface area contributed by atoms with Crippen molar-refractivity contribution in [2.75, 3.05) is 7.05 Å². The number of rotatable bonds is 3. The molecule has 0 aromatic heterocycles. The van der Waals surface area contributed by atoms with Crippen molar-refractivity contribution >= 4 is 15.6 Å². The lowest BCUT2D eigenvalue weighted by Crippen LogP contribution is -2.12. The molecular formula is C9H14N2OS. The summed E-state index contributed by atoms with van der Waals surface area (Å²) in [5, 5.41) is 8.41. The summed E-state index contributed by atoms with van der Waals surface area (Å²) < 4.78 is 11.3. The van der Waals surface area contributed by atoms with Crippen molar-refractivity contribution < 1.29 is 4.21 Å². The summed E-state index contributed by atoms with van der Waals surface area (Å²) in [4.78, 5) is 0.590. The first kappa shape index (κ1) is 10.2. The van der Waals surface area contributed by atoms with Crippen LogP contribution >= 0.6 is 0 Å². The third-order valence-electron chi connectivity index (χ3n) is 1.70. The molecule has 0 bridgehead atoms. The van der Waals surface area contributed by atoms with Crippen LogP contribution in [0, 0.1) is 0 Å².